The Morgan fingerprint density at radius 1 is 0.274 bits per heavy atom. The van der Waals surface area contributed by atoms with Crippen LogP contribution in [0.4, 0.5) is 11.4 Å². The standard InChI is InChI=1S/2C30H25N2P.7C7H7.2Hf/c2*1-4-13-24(14-5-1)23-31-30(32-29-22-12-16-25-15-10-11-21-28(25)29)33(26-17-6-2-7-18-26)27-19-8-3-9-20-27;7*1-7-5-3-2-4-6-7;;/h1-22H,23H2,(H,31,32);1-22,30H,23H2;7*2-6H,1H2;;/q;-2;7*-1;;+4. The second kappa shape index (κ2) is 54.9. The summed E-state index contributed by atoms with van der Waals surface area (Å²) in [5.41, 5.74) is 13.0. The van der Waals surface area contributed by atoms with Gasteiger partial charge >= 0.3 is 25.8 Å². The van der Waals surface area contributed by atoms with Crippen LogP contribution in [-0.2, 0) is 64.8 Å². The van der Waals surface area contributed by atoms with Crippen LogP contribution in [0.3, 0.4) is 0 Å². The molecular formula is C109H99Hf2N4P2-5. The van der Waals surface area contributed by atoms with Crippen molar-refractivity contribution in [1.29, 1.82) is 0 Å². The van der Waals surface area contributed by atoms with Gasteiger partial charge in [-0.05, 0) is 49.0 Å². The molecule has 17 rings (SSSR count). The number of nitrogens with one attached hydrogen (secondary N) is 1. The summed E-state index contributed by atoms with van der Waals surface area (Å²) in [4.78, 5) is 5.18. The van der Waals surface area contributed by atoms with Gasteiger partial charge in [0.2, 0.25) is 0 Å². The summed E-state index contributed by atoms with van der Waals surface area (Å²) in [5, 5.41) is 24.2. The van der Waals surface area contributed by atoms with Gasteiger partial charge in [-0.2, -0.15) is 178 Å². The summed E-state index contributed by atoms with van der Waals surface area (Å²) in [7, 11) is -1.67. The SMILES string of the molecule is [CH2-]c1ccccc1.[CH2-]c1ccccc1.[CH2-]c1ccccc1.[CH2-]c1ccccc1.[CH2-]c1ccccc1.[CH2-]c1ccccc1.[CH2-]c1ccccc1.[Hf+4].[Hf].c1ccc(CN=C(Nc2cccc3ccccc23)P(c2ccccc2)c2ccccc2)cc1.c1ccc(C[N-]C([N-]c2cccc3ccccc23)P(c2ccccc2)c2ccccc2)cc1. The third-order valence-electron chi connectivity index (χ3n) is 17.0. The van der Waals surface area contributed by atoms with Crippen molar-refractivity contribution in [2.75, 3.05) is 5.32 Å². The van der Waals surface area contributed by atoms with Crippen molar-refractivity contribution in [3.05, 3.63) is 588 Å². The zero-order valence-electron chi connectivity index (χ0n) is 66.3. The van der Waals surface area contributed by atoms with Crippen molar-refractivity contribution in [2.45, 2.75) is 19.0 Å². The average Bonchev–Trinajstić information content (AvgIpc) is 0.806. The summed E-state index contributed by atoms with van der Waals surface area (Å²) in [5.74, 6) is -0.198. The van der Waals surface area contributed by atoms with Gasteiger partial charge in [-0.3, -0.25) is 4.99 Å². The van der Waals surface area contributed by atoms with Gasteiger partial charge in [0.15, 0.2) is 0 Å². The molecule has 117 heavy (non-hydrogen) atoms. The molecule has 17 aromatic rings. The first-order chi connectivity index (χ1) is 56.5. The first-order valence-corrected chi connectivity index (χ1v) is 40.9. The van der Waals surface area contributed by atoms with Crippen LogP contribution in [0.15, 0.2) is 484 Å². The second-order valence-corrected chi connectivity index (χ2v) is 30.4. The topological polar surface area (TPSA) is 52.6 Å². The molecule has 0 heterocycles. The van der Waals surface area contributed by atoms with Crippen molar-refractivity contribution in [1.82, 2.24) is 0 Å². The van der Waals surface area contributed by atoms with Gasteiger partial charge in [0, 0.05) is 44.8 Å². The molecule has 1 atom stereocenters. The fraction of sp³-hybridized carbons (Fsp3) is 0.0275. The van der Waals surface area contributed by atoms with E-state index in [1.807, 2.05) is 224 Å². The van der Waals surface area contributed by atoms with E-state index < -0.39 is 15.8 Å². The molecule has 1 N–H and O–H groups in total. The molecular weight excluding hydrogens is 1780 g/mol. The van der Waals surface area contributed by atoms with Crippen molar-refractivity contribution in [3.63, 3.8) is 0 Å². The van der Waals surface area contributed by atoms with Gasteiger partial charge in [-0.25, -0.2) is 0 Å². The van der Waals surface area contributed by atoms with E-state index in [2.05, 4.69) is 309 Å². The monoisotopic (exact) mass is 1890 g/mol. The van der Waals surface area contributed by atoms with E-state index in [1.54, 1.807) is 0 Å². The van der Waals surface area contributed by atoms with Crippen LogP contribution < -0.4 is 26.5 Å². The van der Waals surface area contributed by atoms with Gasteiger partial charge in [-0.1, -0.05) is 317 Å². The Bertz CT molecular complexity index is 4930. The molecule has 0 aliphatic heterocycles. The number of amidine groups is 1. The minimum Gasteiger partial charge on any atom is -0.695 e. The molecule has 0 amide bonds. The molecule has 0 aliphatic carbocycles. The quantitative estimate of drug-likeness (QED) is 0.0381. The number of benzene rings is 17. The van der Waals surface area contributed by atoms with Crippen molar-refractivity contribution < 1.29 is 51.7 Å². The van der Waals surface area contributed by atoms with Gasteiger partial charge in [0.25, 0.3) is 0 Å². The van der Waals surface area contributed by atoms with Crippen LogP contribution in [-0.4, -0.2) is 11.5 Å². The van der Waals surface area contributed by atoms with Crippen molar-refractivity contribution in [3.8, 4) is 0 Å². The van der Waals surface area contributed by atoms with E-state index in [4.69, 9.17) is 15.6 Å². The molecule has 0 aliphatic rings. The van der Waals surface area contributed by atoms with E-state index in [0.29, 0.717) is 13.1 Å². The molecule has 0 saturated heterocycles. The van der Waals surface area contributed by atoms with Gasteiger partial charge in [0.05, 0.1) is 6.54 Å². The first kappa shape index (κ1) is 92.4. The number of rotatable bonds is 14. The van der Waals surface area contributed by atoms with Crippen molar-refractivity contribution >= 4 is 75.6 Å². The number of hydrogen-bond donors (Lipinski definition) is 1. The van der Waals surface area contributed by atoms with Crippen LogP contribution in [0, 0.1) is 48.5 Å². The predicted molar refractivity (Wildman–Crippen MR) is 504 cm³/mol. The summed E-state index contributed by atoms with van der Waals surface area (Å²) in [6, 6.07) is 163. The summed E-state index contributed by atoms with van der Waals surface area (Å²) in [6.07, 6.45) is 0. The summed E-state index contributed by atoms with van der Waals surface area (Å²) in [6.45, 7) is 27.3. The number of nitrogens with zero attached hydrogens (tertiary/aromatic N) is 3. The molecule has 0 saturated carbocycles. The maximum absolute atomic E-state index is 5.32. The zero-order chi connectivity index (χ0) is 80.4. The predicted octanol–water partition coefficient (Wildman–Crippen LogP) is 27.9. The normalized spacial score (nSPS) is 10.3. The smallest absolute Gasteiger partial charge is 0.695 e. The molecule has 17 aromatic carbocycles. The molecule has 0 fully saturated rings. The maximum Gasteiger partial charge on any atom is 4.00 e. The molecule has 1 unspecified atom stereocenters. The fourth-order valence-corrected chi connectivity index (χ4v) is 15.7. The Morgan fingerprint density at radius 3 is 0.855 bits per heavy atom. The number of anilines is 1. The molecule has 4 nitrogen and oxygen atoms in total. The van der Waals surface area contributed by atoms with Gasteiger partial charge < -0.3 is 16.0 Å². The van der Waals surface area contributed by atoms with Crippen LogP contribution in [0.25, 0.3) is 32.2 Å². The van der Waals surface area contributed by atoms with Gasteiger partial charge in [-0.15, -0.1) is 97.2 Å². The van der Waals surface area contributed by atoms with Crippen LogP contribution in [0.2, 0.25) is 0 Å². The second-order valence-electron chi connectivity index (χ2n) is 26.0. The Balaban J connectivity index is 0.000000204. The van der Waals surface area contributed by atoms with E-state index in [-0.39, 0.29) is 57.6 Å². The Morgan fingerprint density at radius 2 is 0.530 bits per heavy atom. The van der Waals surface area contributed by atoms with Crippen molar-refractivity contribution in [2.24, 2.45) is 4.99 Å². The molecule has 0 radical (unpaired) electrons. The summed E-state index contributed by atoms with van der Waals surface area (Å²) >= 11 is 0. The van der Waals surface area contributed by atoms with Crippen LogP contribution >= 0.6 is 15.8 Å². The molecule has 578 valence electrons. The van der Waals surface area contributed by atoms with E-state index in [0.717, 1.165) is 61.3 Å². The fourth-order valence-electron chi connectivity index (χ4n) is 11.3. The number of hydrogen-bond acceptors (Lipinski definition) is 1. The van der Waals surface area contributed by atoms with Crippen LogP contribution in [0.1, 0.15) is 50.1 Å². The van der Waals surface area contributed by atoms with Gasteiger partial charge in [0.1, 0.15) is 5.58 Å². The average molecular weight is 1880 g/mol. The van der Waals surface area contributed by atoms with Crippen LogP contribution in [0.5, 0.6) is 0 Å². The van der Waals surface area contributed by atoms with E-state index >= 15 is 0 Å². The number of aliphatic imine (C=N–C) groups is 1. The zero-order valence-corrected chi connectivity index (χ0v) is 75.3. The first-order valence-electron chi connectivity index (χ1n) is 38.1. The minimum absolute atomic E-state index is 0. The van der Waals surface area contributed by atoms with E-state index in [9.17, 15) is 0 Å². The maximum atomic E-state index is 5.32. The minimum atomic E-state index is -0.851. The Hall–Kier alpha value is -11.8. The largest absolute Gasteiger partial charge is 4.00 e. The number of fused-ring (bicyclic) bond motifs is 2. The summed E-state index contributed by atoms with van der Waals surface area (Å²) < 4.78 is 0. The third kappa shape index (κ3) is 35.0. The Labute approximate surface area is 738 Å². The molecule has 0 spiro atoms. The van der Waals surface area contributed by atoms with E-state index in [1.165, 1.54) is 48.5 Å². The third-order valence-corrected chi connectivity index (χ3v) is 21.8. The molecule has 0 aromatic heterocycles. The molecule has 0 bridgehead atoms. The Kier molecular flexibility index (Phi) is 43.3. The molecule has 8 heteroatoms.